The van der Waals surface area contributed by atoms with Crippen molar-refractivity contribution < 1.29 is 9.18 Å². The van der Waals surface area contributed by atoms with E-state index >= 15 is 0 Å². The van der Waals surface area contributed by atoms with Crippen LogP contribution in [0.5, 0.6) is 0 Å². The predicted octanol–water partition coefficient (Wildman–Crippen LogP) is 0.770. The lowest BCUT2D eigenvalue weighted by Crippen LogP contribution is -2.41. The van der Waals surface area contributed by atoms with Crippen LogP contribution in [0.4, 0.5) is 4.39 Å². The number of halogens is 1. The molecule has 1 aromatic carbocycles. The lowest BCUT2D eigenvalue weighted by molar-refractivity contribution is -0.123. The molecule has 0 radical (unpaired) electrons. The van der Waals surface area contributed by atoms with Crippen molar-refractivity contribution in [1.82, 2.24) is 5.32 Å². The van der Waals surface area contributed by atoms with Gasteiger partial charge in [-0.05, 0) is 5.56 Å². The van der Waals surface area contributed by atoms with E-state index in [-0.39, 0.29) is 0 Å². The van der Waals surface area contributed by atoms with Crippen LogP contribution in [0.15, 0.2) is 30.3 Å². The van der Waals surface area contributed by atoms with Gasteiger partial charge in [-0.15, -0.1) is 0 Å². The second-order valence-electron chi connectivity index (χ2n) is 2.95. The molecule has 0 heterocycles. The number of hydrogen-bond acceptors (Lipinski definition) is 2. The summed E-state index contributed by atoms with van der Waals surface area (Å²) in [5.74, 6) is -0.499. The summed E-state index contributed by atoms with van der Waals surface area (Å²) in [6.45, 7) is 0. The van der Waals surface area contributed by atoms with E-state index in [2.05, 4.69) is 5.32 Å². The Kier molecular flexibility index (Phi) is 3.59. The van der Waals surface area contributed by atoms with Gasteiger partial charge < -0.3 is 11.1 Å². The number of likely N-dealkylation sites (N-methyl/N-ethyl adjacent to an activating group) is 1. The topological polar surface area (TPSA) is 55.1 Å². The zero-order valence-corrected chi connectivity index (χ0v) is 7.91. The standard InChI is InChI=1S/C10H13FN2O/c1-13-10(14)9(12)8(11)7-5-3-2-4-6-7/h2-6,8-9H,12H2,1H3,(H,13,14)/t8-,9+/m1/s1. The molecule has 4 heteroatoms. The van der Waals surface area contributed by atoms with Gasteiger partial charge in [-0.2, -0.15) is 0 Å². The Morgan fingerprint density at radius 2 is 2.00 bits per heavy atom. The maximum absolute atomic E-state index is 13.6. The Morgan fingerprint density at radius 3 is 2.50 bits per heavy atom. The van der Waals surface area contributed by atoms with E-state index in [1.807, 2.05) is 0 Å². The SMILES string of the molecule is CNC(=O)[C@@H](N)[C@H](F)c1ccccc1. The van der Waals surface area contributed by atoms with Crippen LogP contribution in [-0.4, -0.2) is 19.0 Å². The summed E-state index contributed by atoms with van der Waals surface area (Å²) in [4.78, 5) is 11.1. The maximum Gasteiger partial charge on any atom is 0.240 e. The van der Waals surface area contributed by atoms with Gasteiger partial charge in [-0.25, -0.2) is 4.39 Å². The zero-order chi connectivity index (χ0) is 10.6. The molecule has 3 nitrogen and oxygen atoms in total. The molecule has 0 saturated heterocycles. The van der Waals surface area contributed by atoms with Crippen LogP contribution in [0.25, 0.3) is 0 Å². The van der Waals surface area contributed by atoms with Crippen molar-refractivity contribution in [2.45, 2.75) is 12.2 Å². The summed E-state index contributed by atoms with van der Waals surface area (Å²) >= 11 is 0. The second-order valence-corrected chi connectivity index (χ2v) is 2.95. The minimum atomic E-state index is -1.46. The molecule has 2 atom stereocenters. The van der Waals surface area contributed by atoms with E-state index < -0.39 is 18.1 Å². The highest BCUT2D eigenvalue weighted by atomic mass is 19.1. The highest BCUT2D eigenvalue weighted by Gasteiger charge is 2.24. The Bertz CT molecular complexity index is 302. The predicted molar refractivity (Wildman–Crippen MR) is 52.3 cm³/mol. The van der Waals surface area contributed by atoms with Gasteiger partial charge in [0, 0.05) is 7.05 Å². The number of carbonyl (C=O) groups excluding carboxylic acids is 1. The Hall–Kier alpha value is -1.42. The minimum absolute atomic E-state index is 0.420. The summed E-state index contributed by atoms with van der Waals surface area (Å²) in [5.41, 5.74) is 5.84. The number of carbonyl (C=O) groups is 1. The van der Waals surface area contributed by atoms with Crippen LogP contribution in [-0.2, 0) is 4.79 Å². The summed E-state index contributed by atoms with van der Waals surface area (Å²) in [7, 11) is 1.43. The van der Waals surface area contributed by atoms with E-state index in [0.717, 1.165) is 0 Å². The average Bonchev–Trinajstić information content (AvgIpc) is 2.27. The molecule has 1 aromatic rings. The van der Waals surface area contributed by atoms with Crippen LogP contribution in [0.2, 0.25) is 0 Å². The number of alkyl halides is 1. The first-order chi connectivity index (χ1) is 6.66. The Morgan fingerprint density at radius 1 is 1.43 bits per heavy atom. The van der Waals surface area contributed by atoms with Crippen molar-refractivity contribution in [2.24, 2.45) is 5.73 Å². The summed E-state index contributed by atoms with van der Waals surface area (Å²) in [6.07, 6.45) is -1.46. The lowest BCUT2D eigenvalue weighted by Gasteiger charge is -2.15. The van der Waals surface area contributed by atoms with Gasteiger partial charge in [0.25, 0.3) is 0 Å². The molecule has 3 N–H and O–H groups in total. The van der Waals surface area contributed by atoms with Crippen LogP contribution in [0.1, 0.15) is 11.7 Å². The van der Waals surface area contributed by atoms with Crippen LogP contribution in [0.3, 0.4) is 0 Å². The fraction of sp³-hybridized carbons (Fsp3) is 0.300. The lowest BCUT2D eigenvalue weighted by atomic mass is 10.0. The molecule has 0 bridgehead atoms. The quantitative estimate of drug-likeness (QED) is 0.750. The van der Waals surface area contributed by atoms with Gasteiger partial charge in [0.05, 0.1) is 0 Å². The highest BCUT2D eigenvalue weighted by Crippen LogP contribution is 2.19. The van der Waals surface area contributed by atoms with Gasteiger partial charge in [0.2, 0.25) is 5.91 Å². The molecule has 0 spiro atoms. The number of nitrogens with two attached hydrogens (primary N) is 1. The van der Waals surface area contributed by atoms with E-state index in [1.165, 1.54) is 7.05 Å². The first-order valence-corrected chi connectivity index (χ1v) is 4.33. The molecule has 0 fully saturated rings. The molecule has 0 unspecified atom stereocenters. The van der Waals surface area contributed by atoms with E-state index in [9.17, 15) is 9.18 Å². The van der Waals surface area contributed by atoms with E-state index in [4.69, 9.17) is 5.73 Å². The molecule has 1 rings (SSSR count). The molecule has 0 aliphatic rings. The maximum atomic E-state index is 13.6. The zero-order valence-electron chi connectivity index (χ0n) is 7.91. The van der Waals surface area contributed by atoms with Crippen LogP contribution in [0, 0.1) is 0 Å². The number of benzene rings is 1. The van der Waals surface area contributed by atoms with Crippen LogP contribution < -0.4 is 11.1 Å². The molecular formula is C10H13FN2O. The first-order valence-electron chi connectivity index (χ1n) is 4.33. The van der Waals surface area contributed by atoms with Gasteiger partial charge in [0.15, 0.2) is 0 Å². The van der Waals surface area contributed by atoms with Crippen molar-refractivity contribution in [1.29, 1.82) is 0 Å². The monoisotopic (exact) mass is 196 g/mol. The second kappa shape index (κ2) is 4.72. The smallest absolute Gasteiger partial charge is 0.240 e. The molecule has 14 heavy (non-hydrogen) atoms. The van der Waals surface area contributed by atoms with Crippen molar-refractivity contribution in [3.05, 3.63) is 35.9 Å². The Balaban J connectivity index is 2.75. The van der Waals surface area contributed by atoms with Crippen molar-refractivity contribution in [3.63, 3.8) is 0 Å². The van der Waals surface area contributed by atoms with Crippen molar-refractivity contribution in [3.8, 4) is 0 Å². The van der Waals surface area contributed by atoms with Crippen molar-refractivity contribution >= 4 is 5.91 Å². The molecular weight excluding hydrogens is 183 g/mol. The van der Waals surface area contributed by atoms with Gasteiger partial charge in [-0.3, -0.25) is 4.79 Å². The molecule has 0 aliphatic carbocycles. The van der Waals surface area contributed by atoms with Gasteiger partial charge in [-0.1, -0.05) is 30.3 Å². The number of nitrogens with one attached hydrogen (secondary N) is 1. The van der Waals surface area contributed by atoms with E-state index in [1.54, 1.807) is 30.3 Å². The average molecular weight is 196 g/mol. The molecule has 76 valence electrons. The number of amides is 1. The fourth-order valence-corrected chi connectivity index (χ4v) is 1.14. The molecule has 0 saturated carbocycles. The van der Waals surface area contributed by atoms with Crippen molar-refractivity contribution in [2.75, 3.05) is 7.05 Å². The highest BCUT2D eigenvalue weighted by molar-refractivity contribution is 5.82. The third kappa shape index (κ3) is 2.29. The van der Waals surface area contributed by atoms with Gasteiger partial charge >= 0.3 is 0 Å². The van der Waals surface area contributed by atoms with E-state index in [0.29, 0.717) is 5.56 Å². The number of rotatable bonds is 3. The fourth-order valence-electron chi connectivity index (χ4n) is 1.14. The first kappa shape index (κ1) is 10.7. The summed E-state index contributed by atoms with van der Waals surface area (Å²) in [5, 5.41) is 2.31. The minimum Gasteiger partial charge on any atom is -0.358 e. The summed E-state index contributed by atoms with van der Waals surface area (Å²) < 4.78 is 13.6. The summed E-state index contributed by atoms with van der Waals surface area (Å²) in [6, 6.07) is 7.25. The largest absolute Gasteiger partial charge is 0.358 e. The third-order valence-corrected chi connectivity index (χ3v) is 1.98. The normalized spacial score (nSPS) is 14.5. The Labute approximate surface area is 82.1 Å². The third-order valence-electron chi connectivity index (χ3n) is 1.98. The van der Waals surface area contributed by atoms with Crippen LogP contribution >= 0.6 is 0 Å². The molecule has 0 aliphatic heterocycles. The number of hydrogen-bond donors (Lipinski definition) is 2. The van der Waals surface area contributed by atoms with Gasteiger partial charge in [0.1, 0.15) is 12.2 Å². The molecule has 1 amide bonds. The molecule has 0 aromatic heterocycles.